The molecule has 7 heteroatoms. The van der Waals surface area contributed by atoms with Crippen molar-refractivity contribution in [3.05, 3.63) is 77.1 Å². The minimum absolute atomic E-state index is 0.0778. The van der Waals surface area contributed by atoms with Crippen LogP contribution in [0.4, 0.5) is 5.69 Å². The molecule has 1 fully saturated rings. The Hall–Kier alpha value is -2.90. The molecule has 2 aliphatic rings. The summed E-state index contributed by atoms with van der Waals surface area (Å²) in [5.74, 6) is -0.0778. The molecule has 0 atom stereocenters. The first-order valence-corrected chi connectivity index (χ1v) is 12.3. The summed E-state index contributed by atoms with van der Waals surface area (Å²) in [6.07, 6.45) is 3.45. The van der Waals surface area contributed by atoms with Crippen molar-refractivity contribution in [3.8, 4) is 5.69 Å². The van der Waals surface area contributed by atoms with E-state index in [0.29, 0.717) is 31.5 Å². The van der Waals surface area contributed by atoms with Crippen LogP contribution in [0.25, 0.3) is 5.69 Å². The summed E-state index contributed by atoms with van der Waals surface area (Å²) in [5, 5.41) is 3.77. The van der Waals surface area contributed by atoms with Crippen LogP contribution in [-0.2, 0) is 15.6 Å². The molecular formula is C25H27N3O3S. The Kier molecular flexibility index (Phi) is 4.80. The van der Waals surface area contributed by atoms with Gasteiger partial charge < -0.3 is 9.88 Å². The fourth-order valence-electron chi connectivity index (χ4n) is 5.00. The van der Waals surface area contributed by atoms with E-state index in [9.17, 15) is 13.2 Å². The Morgan fingerprint density at radius 1 is 1.00 bits per heavy atom. The molecule has 5 rings (SSSR count). The Morgan fingerprint density at radius 2 is 1.69 bits per heavy atom. The minimum Gasteiger partial charge on any atom is -0.372 e. The van der Waals surface area contributed by atoms with Crippen molar-refractivity contribution < 1.29 is 13.2 Å². The molecule has 0 saturated carbocycles. The first-order valence-electron chi connectivity index (χ1n) is 10.9. The lowest BCUT2D eigenvalue weighted by molar-refractivity contribution is 0.101. The maximum atomic E-state index is 13.2. The highest BCUT2D eigenvalue weighted by molar-refractivity contribution is 7.89. The number of Topliss-reactive ketones (excluding diaryl/α,β-unsaturated/α-hetero) is 1. The normalized spacial score (nSPS) is 17.5. The fraction of sp³-hybridized carbons (Fsp3) is 0.320. The number of ketones is 1. The molecule has 0 radical (unpaired) electrons. The predicted molar refractivity (Wildman–Crippen MR) is 125 cm³/mol. The van der Waals surface area contributed by atoms with E-state index in [4.69, 9.17) is 0 Å². The quantitative estimate of drug-likeness (QED) is 0.602. The number of hydrogen-bond donors (Lipinski definition) is 1. The van der Waals surface area contributed by atoms with Crippen LogP contribution in [0.2, 0.25) is 0 Å². The van der Waals surface area contributed by atoms with Gasteiger partial charge in [-0.3, -0.25) is 4.79 Å². The van der Waals surface area contributed by atoms with E-state index in [1.807, 2.05) is 0 Å². The zero-order chi connectivity index (χ0) is 22.7. The number of rotatable bonds is 3. The molecule has 1 aromatic heterocycles. The number of nitrogens with one attached hydrogen (secondary N) is 1. The van der Waals surface area contributed by atoms with E-state index in [0.717, 1.165) is 5.69 Å². The Balaban J connectivity index is 1.43. The van der Waals surface area contributed by atoms with Gasteiger partial charge in [0.1, 0.15) is 0 Å². The van der Waals surface area contributed by atoms with E-state index in [1.165, 1.54) is 41.6 Å². The number of anilines is 1. The summed E-state index contributed by atoms with van der Waals surface area (Å²) in [5.41, 5.74) is 6.15. The molecular weight excluding hydrogens is 422 g/mol. The molecule has 32 heavy (non-hydrogen) atoms. The summed E-state index contributed by atoms with van der Waals surface area (Å²) >= 11 is 0. The molecule has 1 spiro atoms. The third kappa shape index (κ3) is 3.11. The predicted octanol–water partition coefficient (Wildman–Crippen LogP) is 4.40. The second-order valence-electron chi connectivity index (χ2n) is 8.86. The van der Waals surface area contributed by atoms with Crippen LogP contribution in [0.15, 0.2) is 59.6 Å². The molecule has 2 aliphatic heterocycles. The van der Waals surface area contributed by atoms with Gasteiger partial charge in [0.2, 0.25) is 10.0 Å². The number of sulfonamides is 1. The number of aryl methyl sites for hydroxylation is 1. The van der Waals surface area contributed by atoms with Gasteiger partial charge in [-0.25, -0.2) is 8.42 Å². The molecule has 3 aromatic rings. The third-order valence-electron chi connectivity index (χ3n) is 7.03. The van der Waals surface area contributed by atoms with Gasteiger partial charge in [0.25, 0.3) is 0 Å². The number of nitrogens with zero attached hydrogens (tertiary/aromatic N) is 2. The van der Waals surface area contributed by atoms with E-state index in [-0.39, 0.29) is 16.2 Å². The summed E-state index contributed by atoms with van der Waals surface area (Å²) < 4.78 is 30.3. The summed E-state index contributed by atoms with van der Waals surface area (Å²) in [4.78, 5) is 11.7. The van der Waals surface area contributed by atoms with Crippen molar-refractivity contribution in [2.24, 2.45) is 0 Å². The average Bonchev–Trinajstić information content (AvgIpc) is 3.28. The van der Waals surface area contributed by atoms with E-state index >= 15 is 0 Å². The highest BCUT2D eigenvalue weighted by Crippen LogP contribution is 2.45. The minimum atomic E-state index is -3.61. The highest BCUT2D eigenvalue weighted by atomic mass is 32.2. The number of aromatic nitrogens is 1. The van der Waals surface area contributed by atoms with Gasteiger partial charge in [-0.15, -0.1) is 0 Å². The molecule has 0 aliphatic carbocycles. The van der Waals surface area contributed by atoms with Gasteiger partial charge >= 0.3 is 0 Å². The fourth-order valence-corrected chi connectivity index (χ4v) is 6.44. The topological polar surface area (TPSA) is 71.4 Å². The summed E-state index contributed by atoms with van der Waals surface area (Å²) in [6.45, 7) is 6.59. The van der Waals surface area contributed by atoms with E-state index < -0.39 is 10.0 Å². The molecule has 6 nitrogen and oxygen atoms in total. The lowest BCUT2D eigenvalue weighted by Crippen LogP contribution is -2.51. The van der Waals surface area contributed by atoms with Gasteiger partial charge in [-0.1, -0.05) is 18.2 Å². The van der Waals surface area contributed by atoms with Crippen molar-refractivity contribution in [2.75, 3.05) is 18.4 Å². The van der Waals surface area contributed by atoms with Crippen LogP contribution in [0.5, 0.6) is 0 Å². The molecule has 2 aromatic carbocycles. The maximum absolute atomic E-state index is 13.2. The molecule has 0 unspecified atom stereocenters. The summed E-state index contributed by atoms with van der Waals surface area (Å²) in [7, 11) is -3.61. The zero-order valence-electron chi connectivity index (χ0n) is 18.6. The standard InChI is InChI=1S/C25H27N3O3S/c1-17-6-11-22-24(18(17)2)28-14-4-5-23(28)25(26-22)12-15-27(16-13-25)32(30,31)21-9-7-20(8-10-21)19(3)29/h4-11,14,26H,12-13,15-16H2,1-3H3. The van der Waals surface area contributed by atoms with E-state index in [1.54, 1.807) is 16.4 Å². The lowest BCUT2D eigenvalue weighted by Gasteiger charge is -2.46. The SMILES string of the molecule is CC(=O)c1ccc(S(=O)(=O)N2CCC3(CC2)Nc2ccc(C)c(C)c2-n2cccc23)cc1. The van der Waals surface area contributed by atoms with Crippen molar-refractivity contribution in [2.45, 2.75) is 44.0 Å². The first-order chi connectivity index (χ1) is 15.2. The molecule has 166 valence electrons. The highest BCUT2D eigenvalue weighted by Gasteiger charge is 2.44. The third-order valence-corrected chi connectivity index (χ3v) is 8.94. The number of fused-ring (bicyclic) bond motifs is 4. The molecule has 3 heterocycles. The Labute approximate surface area is 188 Å². The summed E-state index contributed by atoms with van der Waals surface area (Å²) in [6, 6.07) is 14.7. The van der Waals surface area contributed by atoms with Crippen molar-refractivity contribution >= 4 is 21.5 Å². The van der Waals surface area contributed by atoms with Gasteiger partial charge in [0.05, 0.1) is 21.8 Å². The van der Waals surface area contributed by atoms with Crippen molar-refractivity contribution in [1.29, 1.82) is 0 Å². The second-order valence-corrected chi connectivity index (χ2v) is 10.8. The van der Waals surface area contributed by atoms with Crippen LogP contribution in [-0.4, -0.2) is 36.2 Å². The maximum Gasteiger partial charge on any atom is 0.243 e. The van der Waals surface area contributed by atoms with Gasteiger partial charge in [0, 0.05) is 30.5 Å². The van der Waals surface area contributed by atoms with Crippen LogP contribution < -0.4 is 5.32 Å². The van der Waals surface area contributed by atoms with Gasteiger partial charge in [-0.2, -0.15) is 4.31 Å². The number of carbonyl (C=O) groups excluding carboxylic acids is 1. The smallest absolute Gasteiger partial charge is 0.243 e. The average molecular weight is 450 g/mol. The Bertz CT molecular complexity index is 1310. The molecule has 1 N–H and O–H groups in total. The van der Waals surface area contributed by atoms with Crippen molar-refractivity contribution in [1.82, 2.24) is 8.87 Å². The number of hydrogen-bond acceptors (Lipinski definition) is 4. The largest absolute Gasteiger partial charge is 0.372 e. The number of benzene rings is 2. The monoisotopic (exact) mass is 449 g/mol. The van der Waals surface area contributed by atoms with Crippen molar-refractivity contribution in [3.63, 3.8) is 0 Å². The first kappa shape index (κ1) is 21.0. The van der Waals surface area contributed by atoms with E-state index in [2.05, 4.69) is 54.2 Å². The van der Waals surface area contributed by atoms with Crippen LogP contribution in [0.1, 0.15) is 46.9 Å². The van der Waals surface area contributed by atoms with Crippen LogP contribution in [0.3, 0.4) is 0 Å². The Morgan fingerprint density at radius 3 is 2.34 bits per heavy atom. The zero-order valence-corrected chi connectivity index (χ0v) is 19.4. The molecule has 0 bridgehead atoms. The van der Waals surface area contributed by atoms with Gasteiger partial charge in [-0.05, 0) is 75.1 Å². The lowest BCUT2D eigenvalue weighted by atomic mass is 9.82. The number of carbonyl (C=O) groups is 1. The number of piperidine rings is 1. The molecule has 0 amide bonds. The van der Waals surface area contributed by atoms with Gasteiger partial charge in [0.15, 0.2) is 5.78 Å². The van der Waals surface area contributed by atoms with Crippen LogP contribution in [0, 0.1) is 13.8 Å². The molecule has 1 saturated heterocycles. The van der Waals surface area contributed by atoms with Crippen LogP contribution >= 0.6 is 0 Å². The second kappa shape index (κ2) is 7.32.